The number of benzene rings is 1. The molecule has 0 fully saturated rings. The number of carbonyl (C=O) groups is 1. The van der Waals surface area contributed by atoms with Crippen LogP contribution in [-0.2, 0) is 4.74 Å². The number of rotatable bonds is 6. The van der Waals surface area contributed by atoms with Gasteiger partial charge in [0.25, 0.3) is 0 Å². The topological polar surface area (TPSA) is 70.6 Å². The number of phenolic OH excluding ortho intramolecular Hbond substituents is 1. The average Bonchev–Trinajstić information content (AvgIpc) is 2.38. The Labute approximate surface area is 137 Å². The molecule has 3 N–H and O–H groups in total. The van der Waals surface area contributed by atoms with E-state index in [1.54, 1.807) is 0 Å². The van der Waals surface area contributed by atoms with E-state index in [2.05, 4.69) is 10.6 Å². The molecule has 0 saturated carbocycles. The van der Waals surface area contributed by atoms with Crippen molar-refractivity contribution < 1.29 is 19.0 Å². The lowest BCUT2D eigenvalue weighted by Gasteiger charge is -2.22. The zero-order valence-electron chi connectivity index (χ0n) is 14.4. The summed E-state index contributed by atoms with van der Waals surface area (Å²) in [7, 11) is 0. The number of hydrogen-bond donors (Lipinski definition) is 3. The first-order chi connectivity index (χ1) is 10.6. The van der Waals surface area contributed by atoms with Gasteiger partial charge in [-0.3, -0.25) is 0 Å². The maximum absolute atomic E-state index is 13.2. The summed E-state index contributed by atoms with van der Waals surface area (Å²) < 4.78 is 18.4. The van der Waals surface area contributed by atoms with Gasteiger partial charge in [-0.2, -0.15) is 0 Å². The van der Waals surface area contributed by atoms with Crippen LogP contribution >= 0.6 is 0 Å². The molecule has 0 spiro atoms. The standard InChI is InChI=1S/C17H27FN2O3/c1-11(20-16(22)23-17(3,4)5)8-9-19-12(2)14-10-13(18)6-7-15(14)21/h6-7,10-12,19,21H,8-9H2,1-5H3,(H,20,22). The van der Waals surface area contributed by atoms with E-state index >= 15 is 0 Å². The first kappa shape index (κ1) is 19.2. The molecule has 0 aliphatic rings. The molecule has 130 valence electrons. The van der Waals surface area contributed by atoms with Crippen LogP contribution in [0, 0.1) is 5.82 Å². The van der Waals surface area contributed by atoms with E-state index in [4.69, 9.17) is 4.74 Å². The molecule has 1 amide bonds. The molecule has 0 aromatic heterocycles. The maximum atomic E-state index is 13.2. The SMILES string of the molecule is CC(CCNC(C)c1cc(F)ccc1O)NC(=O)OC(C)(C)C. The van der Waals surface area contributed by atoms with Gasteiger partial charge in [0.05, 0.1) is 0 Å². The Hall–Kier alpha value is -1.82. The van der Waals surface area contributed by atoms with E-state index < -0.39 is 11.7 Å². The van der Waals surface area contributed by atoms with Gasteiger partial charge in [0.15, 0.2) is 0 Å². The molecule has 0 heterocycles. The average molecular weight is 326 g/mol. The van der Waals surface area contributed by atoms with E-state index in [1.807, 2.05) is 34.6 Å². The Kier molecular flexibility index (Phi) is 6.81. The van der Waals surface area contributed by atoms with Crippen molar-refractivity contribution in [3.8, 4) is 5.75 Å². The van der Waals surface area contributed by atoms with Crippen LogP contribution in [0.1, 0.15) is 52.6 Å². The van der Waals surface area contributed by atoms with Gasteiger partial charge in [0, 0.05) is 17.6 Å². The minimum absolute atomic E-state index is 0.0614. The predicted octanol–water partition coefficient (Wildman–Crippen LogP) is 3.49. The van der Waals surface area contributed by atoms with Crippen molar-refractivity contribution in [3.63, 3.8) is 0 Å². The largest absolute Gasteiger partial charge is 0.508 e. The Bertz CT molecular complexity index is 529. The van der Waals surface area contributed by atoms with Gasteiger partial charge < -0.3 is 20.5 Å². The number of nitrogens with one attached hydrogen (secondary N) is 2. The van der Waals surface area contributed by atoms with Crippen molar-refractivity contribution in [2.75, 3.05) is 6.54 Å². The van der Waals surface area contributed by atoms with Crippen molar-refractivity contribution in [2.45, 2.75) is 58.7 Å². The minimum atomic E-state index is -0.522. The van der Waals surface area contributed by atoms with Gasteiger partial charge >= 0.3 is 6.09 Å². The molecule has 2 unspecified atom stereocenters. The van der Waals surface area contributed by atoms with Crippen molar-refractivity contribution in [1.29, 1.82) is 0 Å². The van der Waals surface area contributed by atoms with Gasteiger partial charge in [-0.25, -0.2) is 9.18 Å². The van der Waals surface area contributed by atoms with Crippen LogP contribution in [0.5, 0.6) is 5.75 Å². The summed E-state index contributed by atoms with van der Waals surface area (Å²) in [4.78, 5) is 11.6. The third-order valence-electron chi connectivity index (χ3n) is 3.25. The highest BCUT2D eigenvalue weighted by molar-refractivity contribution is 5.68. The highest BCUT2D eigenvalue weighted by atomic mass is 19.1. The summed E-state index contributed by atoms with van der Waals surface area (Å²) in [6.07, 6.45) is 0.237. The smallest absolute Gasteiger partial charge is 0.407 e. The fraction of sp³-hybridized carbons (Fsp3) is 0.588. The summed E-state index contributed by atoms with van der Waals surface area (Å²) in [6, 6.07) is 3.62. The van der Waals surface area contributed by atoms with Crippen molar-refractivity contribution in [2.24, 2.45) is 0 Å². The molecule has 0 saturated heterocycles. The summed E-state index contributed by atoms with van der Waals surface area (Å²) in [6.45, 7) is 9.77. The van der Waals surface area contributed by atoms with Crippen LogP contribution in [0.3, 0.4) is 0 Å². The Morgan fingerprint density at radius 3 is 2.61 bits per heavy atom. The highest BCUT2D eigenvalue weighted by Gasteiger charge is 2.18. The summed E-state index contributed by atoms with van der Waals surface area (Å²) >= 11 is 0. The summed E-state index contributed by atoms with van der Waals surface area (Å²) in [5.41, 5.74) is -0.0105. The second kappa shape index (κ2) is 8.15. The first-order valence-corrected chi connectivity index (χ1v) is 7.80. The highest BCUT2D eigenvalue weighted by Crippen LogP contribution is 2.24. The van der Waals surface area contributed by atoms with Gasteiger partial charge in [0.2, 0.25) is 0 Å². The zero-order chi connectivity index (χ0) is 17.6. The molecule has 0 bridgehead atoms. The predicted molar refractivity (Wildman–Crippen MR) is 87.9 cm³/mol. The third-order valence-corrected chi connectivity index (χ3v) is 3.25. The van der Waals surface area contributed by atoms with Crippen molar-refractivity contribution in [1.82, 2.24) is 10.6 Å². The van der Waals surface area contributed by atoms with Crippen molar-refractivity contribution in [3.05, 3.63) is 29.6 Å². The lowest BCUT2D eigenvalue weighted by atomic mass is 10.1. The molecule has 2 atom stereocenters. The Morgan fingerprint density at radius 1 is 1.35 bits per heavy atom. The van der Waals surface area contributed by atoms with E-state index in [1.165, 1.54) is 18.2 Å². The number of halogens is 1. The van der Waals surface area contributed by atoms with Crippen LogP contribution in [0.4, 0.5) is 9.18 Å². The number of carbonyl (C=O) groups excluding carboxylic acids is 1. The third kappa shape index (κ3) is 7.32. The second-order valence-corrected chi connectivity index (χ2v) is 6.71. The number of ether oxygens (including phenoxy) is 1. The van der Waals surface area contributed by atoms with Crippen LogP contribution in [-0.4, -0.2) is 29.4 Å². The van der Waals surface area contributed by atoms with Crippen LogP contribution in [0.2, 0.25) is 0 Å². The maximum Gasteiger partial charge on any atom is 0.407 e. The summed E-state index contributed by atoms with van der Waals surface area (Å²) in [5.74, 6) is -0.322. The molecule has 6 heteroatoms. The molecule has 0 aliphatic heterocycles. The van der Waals surface area contributed by atoms with Crippen molar-refractivity contribution >= 4 is 6.09 Å². The fourth-order valence-corrected chi connectivity index (χ4v) is 2.08. The number of phenols is 1. The second-order valence-electron chi connectivity index (χ2n) is 6.71. The summed E-state index contributed by atoms with van der Waals surface area (Å²) in [5, 5.41) is 15.7. The molecule has 1 aromatic carbocycles. The van der Waals surface area contributed by atoms with E-state index in [0.717, 1.165) is 0 Å². The zero-order valence-corrected chi connectivity index (χ0v) is 14.4. The lowest BCUT2D eigenvalue weighted by molar-refractivity contribution is 0.0506. The molecular formula is C17H27FN2O3. The van der Waals surface area contributed by atoms with Crippen LogP contribution < -0.4 is 10.6 Å². The Balaban J connectivity index is 2.38. The molecule has 5 nitrogen and oxygen atoms in total. The molecule has 1 rings (SSSR count). The van der Waals surface area contributed by atoms with Gasteiger partial charge in [-0.1, -0.05) is 0 Å². The van der Waals surface area contributed by atoms with E-state index in [0.29, 0.717) is 18.5 Å². The van der Waals surface area contributed by atoms with E-state index in [-0.39, 0.29) is 23.7 Å². The van der Waals surface area contributed by atoms with E-state index in [9.17, 15) is 14.3 Å². The lowest BCUT2D eigenvalue weighted by Crippen LogP contribution is -2.39. The quantitative estimate of drug-likeness (QED) is 0.748. The minimum Gasteiger partial charge on any atom is -0.508 e. The van der Waals surface area contributed by atoms with Crippen LogP contribution in [0.25, 0.3) is 0 Å². The van der Waals surface area contributed by atoms with Gasteiger partial charge in [-0.05, 0) is 65.8 Å². The normalized spacial score (nSPS) is 14.2. The number of aromatic hydroxyl groups is 1. The molecule has 23 heavy (non-hydrogen) atoms. The molecule has 0 aliphatic carbocycles. The first-order valence-electron chi connectivity index (χ1n) is 7.80. The fourth-order valence-electron chi connectivity index (χ4n) is 2.08. The van der Waals surface area contributed by atoms with Gasteiger partial charge in [0.1, 0.15) is 17.2 Å². The number of amides is 1. The molecule has 0 radical (unpaired) electrons. The molecule has 1 aromatic rings. The Morgan fingerprint density at radius 2 is 2.00 bits per heavy atom. The number of alkyl carbamates (subject to hydrolysis) is 1. The van der Waals surface area contributed by atoms with Crippen LogP contribution in [0.15, 0.2) is 18.2 Å². The van der Waals surface area contributed by atoms with Gasteiger partial charge in [-0.15, -0.1) is 0 Å². The monoisotopic (exact) mass is 326 g/mol. The molecular weight excluding hydrogens is 299 g/mol. The number of hydrogen-bond acceptors (Lipinski definition) is 4.